The zero-order chi connectivity index (χ0) is 22.9. The Morgan fingerprint density at radius 1 is 0.969 bits per heavy atom. The van der Waals surface area contributed by atoms with Crippen molar-refractivity contribution in [2.45, 2.75) is 24.8 Å². The molecule has 0 spiro atoms. The maximum Gasteiger partial charge on any atom is 0.333 e. The molecule has 32 heavy (non-hydrogen) atoms. The van der Waals surface area contributed by atoms with Gasteiger partial charge in [-0.2, -0.15) is 0 Å². The third-order valence-corrected chi connectivity index (χ3v) is 5.36. The van der Waals surface area contributed by atoms with Crippen molar-refractivity contribution >= 4 is 28.5 Å². The number of carbonyl (C=O) groups excluding carboxylic acids is 1. The minimum atomic E-state index is -0.419. The fourth-order valence-corrected chi connectivity index (χ4v) is 3.64. The van der Waals surface area contributed by atoms with E-state index in [1.807, 2.05) is 66.9 Å². The van der Waals surface area contributed by atoms with Gasteiger partial charge in [0, 0.05) is 16.3 Å². The first kappa shape index (κ1) is 23.5. The van der Waals surface area contributed by atoms with Crippen LogP contribution in [0.4, 0.5) is 0 Å². The highest BCUT2D eigenvalue weighted by atomic mass is 32.2. The molecule has 0 fully saturated rings. The van der Waals surface area contributed by atoms with E-state index in [4.69, 9.17) is 18.9 Å². The normalized spacial score (nSPS) is 11.6. The topological polar surface area (TPSA) is 54.0 Å². The Morgan fingerprint density at radius 2 is 1.62 bits per heavy atom. The van der Waals surface area contributed by atoms with E-state index in [0.717, 1.165) is 32.9 Å². The zero-order valence-electron chi connectivity index (χ0n) is 18.6. The van der Waals surface area contributed by atoms with Crippen molar-refractivity contribution in [3.05, 3.63) is 72.8 Å². The van der Waals surface area contributed by atoms with Gasteiger partial charge in [0.1, 0.15) is 43.2 Å². The lowest BCUT2D eigenvalue weighted by Gasteiger charge is -2.19. The summed E-state index contributed by atoms with van der Waals surface area (Å²) in [5.74, 6) is 1.92. The molecular weight excluding hydrogens is 424 g/mol. The smallest absolute Gasteiger partial charge is 0.333 e. The number of carbonyl (C=O) groups is 1. The van der Waals surface area contributed by atoms with Crippen molar-refractivity contribution in [2.75, 3.05) is 26.1 Å². The quantitative estimate of drug-likeness (QED) is 0.156. The van der Waals surface area contributed by atoms with Gasteiger partial charge in [-0.15, -0.1) is 11.8 Å². The molecule has 3 rings (SSSR count). The molecule has 0 heterocycles. The molecule has 0 saturated heterocycles. The second-order valence-electron chi connectivity index (χ2n) is 7.27. The zero-order valence-corrected chi connectivity index (χ0v) is 19.4. The monoisotopic (exact) mass is 452 g/mol. The van der Waals surface area contributed by atoms with Crippen LogP contribution in [0.1, 0.15) is 13.8 Å². The van der Waals surface area contributed by atoms with Crippen LogP contribution >= 0.6 is 11.8 Å². The van der Waals surface area contributed by atoms with Crippen LogP contribution in [0.5, 0.6) is 17.2 Å². The van der Waals surface area contributed by atoms with Crippen LogP contribution in [0.25, 0.3) is 10.8 Å². The van der Waals surface area contributed by atoms with E-state index >= 15 is 0 Å². The molecule has 0 saturated carbocycles. The van der Waals surface area contributed by atoms with Crippen molar-refractivity contribution in [1.82, 2.24) is 0 Å². The van der Waals surface area contributed by atoms with Crippen molar-refractivity contribution < 1.29 is 23.7 Å². The van der Waals surface area contributed by atoms with Crippen molar-refractivity contribution in [3.8, 4) is 17.2 Å². The maximum absolute atomic E-state index is 11.8. The van der Waals surface area contributed by atoms with Crippen molar-refractivity contribution in [3.63, 3.8) is 0 Å². The van der Waals surface area contributed by atoms with Gasteiger partial charge in [0.05, 0.1) is 4.90 Å². The third-order valence-electron chi connectivity index (χ3n) is 4.61. The van der Waals surface area contributed by atoms with Gasteiger partial charge in [0.2, 0.25) is 0 Å². The van der Waals surface area contributed by atoms with Gasteiger partial charge in [-0.1, -0.05) is 49.0 Å². The van der Waals surface area contributed by atoms with Crippen LogP contribution in [0, 0.1) is 0 Å². The Hall–Kier alpha value is -3.12. The van der Waals surface area contributed by atoms with Crippen LogP contribution in [-0.2, 0) is 9.53 Å². The van der Waals surface area contributed by atoms with Crippen LogP contribution in [0.15, 0.2) is 77.7 Å². The standard InChI is InChI=1S/C26H28O5S/c1-18(2)26(27)31-19(3)17-30-25-22-13-9-8-12-21(22)23(16-24(25)32-4)29-15-14-28-20-10-6-5-7-11-20/h5-13,16,19H,1,14-15,17H2,2-4H3. The molecule has 0 aliphatic heterocycles. The largest absolute Gasteiger partial charge is 0.490 e. The Balaban J connectivity index is 1.73. The van der Waals surface area contributed by atoms with Crippen LogP contribution in [0.2, 0.25) is 0 Å². The van der Waals surface area contributed by atoms with Gasteiger partial charge in [-0.3, -0.25) is 0 Å². The molecule has 1 unspecified atom stereocenters. The fraction of sp³-hybridized carbons (Fsp3) is 0.269. The molecule has 0 N–H and O–H groups in total. The van der Waals surface area contributed by atoms with E-state index in [2.05, 4.69) is 6.58 Å². The highest BCUT2D eigenvalue weighted by Crippen LogP contribution is 2.41. The van der Waals surface area contributed by atoms with Crippen LogP contribution in [0.3, 0.4) is 0 Å². The van der Waals surface area contributed by atoms with E-state index in [-0.39, 0.29) is 6.61 Å². The van der Waals surface area contributed by atoms with Gasteiger partial charge < -0.3 is 18.9 Å². The molecule has 168 valence electrons. The second kappa shape index (κ2) is 11.5. The lowest BCUT2D eigenvalue weighted by molar-refractivity contribution is -0.144. The molecule has 1 atom stereocenters. The summed E-state index contributed by atoms with van der Waals surface area (Å²) >= 11 is 1.57. The highest BCUT2D eigenvalue weighted by molar-refractivity contribution is 7.98. The molecule has 6 heteroatoms. The molecule has 0 bridgehead atoms. The molecule has 3 aromatic rings. The molecule has 0 aliphatic carbocycles. The van der Waals surface area contributed by atoms with Crippen molar-refractivity contribution in [1.29, 1.82) is 0 Å². The van der Waals surface area contributed by atoms with Gasteiger partial charge >= 0.3 is 5.97 Å². The third kappa shape index (κ3) is 6.20. The summed E-state index contributed by atoms with van der Waals surface area (Å²) in [5, 5.41) is 1.89. The molecule has 0 radical (unpaired) electrons. The summed E-state index contributed by atoms with van der Waals surface area (Å²) in [6, 6.07) is 19.6. The molecule has 5 nitrogen and oxygen atoms in total. The van der Waals surface area contributed by atoms with Gasteiger partial charge in [0.25, 0.3) is 0 Å². The Morgan fingerprint density at radius 3 is 2.31 bits per heavy atom. The average Bonchev–Trinajstić information content (AvgIpc) is 2.81. The first-order valence-corrected chi connectivity index (χ1v) is 11.6. The number of hydrogen-bond donors (Lipinski definition) is 0. The Labute approximate surface area is 193 Å². The second-order valence-corrected chi connectivity index (χ2v) is 8.12. The summed E-state index contributed by atoms with van der Waals surface area (Å²) < 4.78 is 23.3. The number of para-hydroxylation sites is 1. The summed E-state index contributed by atoms with van der Waals surface area (Å²) in [6.45, 7) is 8.13. The average molecular weight is 453 g/mol. The van der Waals surface area contributed by atoms with Crippen LogP contribution in [-0.4, -0.2) is 38.1 Å². The predicted molar refractivity (Wildman–Crippen MR) is 129 cm³/mol. The van der Waals surface area contributed by atoms with Gasteiger partial charge in [-0.25, -0.2) is 4.79 Å². The van der Waals surface area contributed by atoms with E-state index in [0.29, 0.717) is 18.8 Å². The summed E-state index contributed by atoms with van der Waals surface area (Å²) in [7, 11) is 0. The number of esters is 1. The number of rotatable bonds is 11. The van der Waals surface area contributed by atoms with Gasteiger partial charge in [-0.05, 0) is 38.3 Å². The van der Waals surface area contributed by atoms with Gasteiger partial charge in [0.15, 0.2) is 0 Å². The summed E-state index contributed by atoms with van der Waals surface area (Å²) in [4.78, 5) is 12.7. The number of thioether (sulfide) groups is 1. The number of fused-ring (bicyclic) bond motifs is 1. The van der Waals surface area contributed by atoms with E-state index in [1.165, 1.54) is 0 Å². The number of ether oxygens (including phenoxy) is 4. The molecule has 3 aromatic carbocycles. The Bertz CT molecular complexity index is 1060. The lowest BCUT2D eigenvalue weighted by Crippen LogP contribution is -2.22. The first-order valence-electron chi connectivity index (χ1n) is 10.4. The molecular formula is C26H28O5S. The predicted octanol–water partition coefficient (Wildman–Crippen LogP) is 5.91. The highest BCUT2D eigenvalue weighted by Gasteiger charge is 2.17. The minimum absolute atomic E-state index is 0.238. The lowest BCUT2D eigenvalue weighted by atomic mass is 10.1. The maximum atomic E-state index is 11.8. The molecule has 0 aliphatic rings. The van der Waals surface area contributed by atoms with Crippen LogP contribution < -0.4 is 14.2 Å². The minimum Gasteiger partial charge on any atom is -0.490 e. The first-order chi connectivity index (χ1) is 15.5. The van der Waals surface area contributed by atoms with E-state index in [9.17, 15) is 4.79 Å². The number of benzene rings is 3. The van der Waals surface area contributed by atoms with E-state index in [1.54, 1.807) is 25.6 Å². The van der Waals surface area contributed by atoms with Crippen molar-refractivity contribution in [2.24, 2.45) is 0 Å². The van der Waals surface area contributed by atoms with E-state index < -0.39 is 12.1 Å². The molecule has 0 aromatic heterocycles. The SMILES string of the molecule is C=C(C)C(=O)OC(C)COc1c(SC)cc(OCCOc2ccccc2)c2ccccc12. The number of hydrogen-bond acceptors (Lipinski definition) is 6. The fourth-order valence-electron chi connectivity index (χ4n) is 3.06. The Kier molecular flexibility index (Phi) is 8.45. The summed E-state index contributed by atoms with van der Waals surface area (Å²) in [6.07, 6.45) is 1.59. The molecule has 0 amide bonds. The summed E-state index contributed by atoms with van der Waals surface area (Å²) in [5.41, 5.74) is 0.366.